The average Bonchev–Trinajstić information content (AvgIpc) is 2.40. The second-order valence-corrected chi connectivity index (χ2v) is 6.23. The Hall–Kier alpha value is -1.16. The van der Waals surface area contributed by atoms with Crippen LogP contribution in [0.25, 0.3) is 0 Å². The maximum Gasteiger partial charge on any atom is 0.149 e. The summed E-state index contributed by atoms with van der Waals surface area (Å²) in [5.74, 6) is 1.46. The fraction of sp³-hybridized carbons (Fsp3) is 0.733. The van der Waals surface area contributed by atoms with E-state index in [4.69, 9.17) is 5.73 Å². The normalized spacial score (nSPS) is 17.4. The number of nitrogens with one attached hydrogen (secondary N) is 1. The highest BCUT2D eigenvalue weighted by Crippen LogP contribution is 2.31. The molecule has 4 heteroatoms. The lowest BCUT2D eigenvalue weighted by molar-refractivity contribution is 0.434. The number of rotatable bonds is 5. The highest BCUT2D eigenvalue weighted by Gasteiger charge is 2.19. The highest BCUT2D eigenvalue weighted by atomic mass is 15.2. The predicted molar refractivity (Wildman–Crippen MR) is 79.2 cm³/mol. The Balaban J connectivity index is 1.97. The quantitative estimate of drug-likeness (QED) is 0.856. The van der Waals surface area contributed by atoms with Crippen LogP contribution in [0.2, 0.25) is 0 Å². The molecule has 1 heterocycles. The van der Waals surface area contributed by atoms with E-state index in [1.165, 1.54) is 32.1 Å². The van der Waals surface area contributed by atoms with Crippen molar-refractivity contribution in [1.29, 1.82) is 0 Å². The minimum Gasteiger partial charge on any atom is -0.364 e. The van der Waals surface area contributed by atoms with Crippen LogP contribution in [0.4, 0.5) is 5.82 Å². The molecule has 0 aromatic carbocycles. The van der Waals surface area contributed by atoms with Gasteiger partial charge in [0, 0.05) is 11.5 Å². The summed E-state index contributed by atoms with van der Waals surface area (Å²) in [4.78, 5) is 0. The van der Waals surface area contributed by atoms with Gasteiger partial charge in [-0.15, -0.1) is 5.10 Å². The maximum atomic E-state index is 5.61. The molecule has 4 nitrogen and oxygen atoms in total. The van der Waals surface area contributed by atoms with Gasteiger partial charge in [0.1, 0.15) is 5.82 Å². The second kappa shape index (κ2) is 6.33. The fourth-order valence-corrected chi connectivity index (χ4v) is 2.80. The maximum absolute atomic E-state index is 5.61. The lowest BCUT2D eigenvalue weighted by Gasteiger charge is -2.26. The monoisotopic (exact) mass is 262 g/mol. The van der Waals surface area contributed by atoms with Gasteiger partial charge in [-0.2, -0.15) is 5.10 Å². The molecule has 2 rings (SSSR count). The van der Waals surface area contributed by atoms with E-state index in [2.05, 4.69) is 41.5 Å². The van der Waals surface area contributed by atoms with Crippen molar-refractivity contribution in [2.24, 2.45) is 5.73 Å². The van der Waals surface area contributed by atoms with Gasteiger partial charge in [-0.3, -0.25) is 0 Å². The molecule has 0 spiro atoms. The summed E-state index contributed by atoms with van der Waals surface area (Å²) >= 11 is 0. The molecule has 1 aromatic heterocycles. The Labute approximate surface area is 116 Å². The predicted octanol–water partition coefficient (Wildman–Crippen LogP) is 3.06. The van der Waals surface area contributed by atoms with Crippen molar-refractivity contribution in [1.82, 2.24) is 10.2 Å². The van der Waals surface area contributed by atoms with E-state index < -0.39 is 0 Å². The first-order valence-corrected chi connectivity index (χ1v) is 7.42. The molecule has 0 radical (unpaired) electrons. The fourth-order valence-electron chi connectivity index (χ4n) is 2.80. The summed E-state index contributed by atoms with van der Waals surface area (Å²) in [6.07, 6.45) is 7.47. The third kappa shape index (κ3) is 4.16. The van der Waals surface area contributed by atoms with E-state index in [1.807, 2.05) is 0 Å². The van der Waals surface area contributed by atoms with Crippen molar-refractivity contribution < 1.29 is 0 Å². The molecule has 0 atom stereocenters. The van der Waals surface area contributed by atoms with Crippen LogP contribution in [0, 0.1) is 0 Å². The van der Waals surface area contributed by atoms with Gasteiger partial charge in [0.15, 0.2) is 0 Å². The van der Waals surface area contributed by atoms with E-state index in [-0.39, 0.29) is 5.54 Å². The summed E-state index contributed by atoms with van der Waals surface area (Å²) in [6, 6.07) is 4.18. The first kappa shape index (κ1) is 14.3. The van der Waals surface area contributed by atoms with E-state index >= 15 is 0 Å². The smallest absolute Gasteiger partial charge is 0.149 e. The molecule has 1 saturated carbocycles. The molecular weight excluding hydrogens is 236 g/mol. The summed E-state index contributed by atoms with van der Waals surface area (Å²) < 4.78 is 0. The molecule has 0 aliphatic heterocycles. The molecule has 3 N–H and O–H groups in total. The first-order valence-electron chi connectivity index (χ1n) is 7.42. The number of aromatic nitrogens is 2. The Bertz CT molecular complexity index is 380. The average molecular weight is 262 g/mol. The molecular formula is C15H26N4. The van der Waals surface area contributed by atoms with Gasteiger partial charge in [0.05, 0.1) is 5.69 Å². The third-order valence-electron chi connectivity index (χ3n) is 3.94. The summed E-state index contributed by atoms with van der Waals surface area (Å²) in [5, 5.41) is 12.1. The summed E-state index contributed by atoms with van der Waals surface area (Å²) in [5.41, 5.74) is 6.74. The number of nitrogens with two attached hydrogens (primary N) is 1. The van der Waals surface area contributed by atoms with Gasteiger partial charge in [0.2, 0.25) is 0 Å². The van der Waals surface area contributed by atoms with Gasteiger partial charge in [-0.1, -0.05) is 19.3 Å². The van der Waals surface area contributed by atoms with Crippen LogP contribution in [0.3, 0.4) is 0 Å². The van der Waals surface area contributed by atoms with Crippen molar-refractivity contribution in [3.05, 3.63) is 17.8 Å². The Morgan fingerprint density at radius 3 is 2.53 bits per heavy atom. The van der Waals surface area contributed by atoms with Crippen LogP contribution in [-0.2, 0) is 0 Å². The number of hydrogen-bond acceptors (Lipinski definition) is 4. The van der Waals surface area contributed by atoms with Crippen molar-refractivity contribution in [2.45, 2.75) is 63.8 Å². The molecule has 19 heavy (non-hydrogen) atoms. The molecule has 0 saturated heterocycles. The van der Waals surface area contributed by atoms with Crippen LogP contribution in [0.15, 0.2) is 12.1 Å². The zero-order valence-electron chi connectivity index (χ0n) is 12.2. The molecule has 0 bridgehead atoms. The van der Waals surface area contributed by atoms with Crippen molar-refractivity contribution in [2.75, 3.05) is 11.9 Å². The molecule has 1 aliphatic rings. The third-order valence-corrected chi connectivity index (χ3v) is 3.94. The minimum absolute atomic E-state index is 0.0320. The van der Waals surface area contributed by atoms with Gasteiger partial charge < -0.3 is 11.1 Å². The number of hydrogen-bond donors (Lipinski definition) is 2. The molecule has 106 valence electrons. The molecule has 0 unspecified atom stereocenters. The standard InChI is InChI=1S/C15H26N4/c1-15(2,10-11-16)17-14-9-8-13(18-19-14)12-6-4-3-5-7-12/h8-9,12H,3-7,10-11,16H2,1-2H3,(H,17,19). The molecule has 0 amide bonds. The van der Waals surface area contributed by atoms with Gasteiger partial charge in [-0.25, -0.2) is 0 Å². The van der Waals surface area contributed by atoms with Crippen LogP contribution < -0.4 is 11.1 Å². The molecule has 1 aliphatic carbocycles. The zero-order chi connectivity index (χ0) is 13.7. The van der Waals surface area contributed by atoms with Gasteiger partial charge >= 0.3 is 0 Å². The lowest BCUT2D eigenvalue weighted by Crippen LogP contribution is -2.33. The Morgan fingerprint density at radius 2 is 1.95 bits per heavy atom. The van der Waals surface area contributed by atoms with E-state index in [0.717, 1.165) is 17.9 Å². The summed E-state index contributed by atoms with van der Waals surface area (Å²) in [7, 11) is 0. The van der Waals surface area contributed by atoms with Crippen molar-refractivity contribution in [3.8, 4) is 0 Å². The largest absolute Gasteiger partial charge is 0.364 e. The van der Waals surface area contributed by atoms with E-state index in [9.17, 15) is 0 Å². The summed E-state index contributed by atoms with van der Waals surface area (Å²) in [6.45, 7) is 4.95. The van der Waals surface area contributed by atoms with Crippen LogP contribution in [0.5, 0.6) is 0 Å². The van der Waals surface area contributed by atoms with Crippen LogP contribution in [-0.4, -0.2) is 22.3 Å². The number of anilines is 1. The Morgan fingerprint density at radius 1 is 1.21 bits per heavy atom. The van der Waals surface area contributed by atoms with Crippen LogP contribution >= 0.6 is 0 Å². The zero-order valence-corrected chi connectivity index (χ0v) is 12.2. The van der Waals surface area contributed by atoms with E-state index in [1.54, 1.807) is 0 Å². The highest BCUT2D eigenvalue weighted by molar-refractivity contribution is 5.36. The van der Waals surface area contributed by atoms with Crippen molar-refractivity contribution in [3.63, 3.8) is 0 Å². The Kier molecular flexibility index (Phi) is 4.75. The number of nitrogens with zero attached hydrogens (tertiary/aromatic N) is 2. The molecule has 1 fully saturated rings. The van der Waals surface area contributed by atoms with Crippen molar-refractivity contribution >= 4 is 5.82 Å². The van der Waals surface area contributed by atoms with Crippen LogP contribution in [0.1, 0.15) is 64.0 Å². The van der Waals surface area contributed by atoms with Gasteiger partial charge in [0.25, 0.3) is 0 Å². The SMILES string of the molecule is CC(C)(CCN)Nc1ccc(C2CCCCC2)nn1. The van der Waals surface area contributed by atoms with E-state index in [0.29, 0.717) is 12.5 Å². The topological polar surface area (TPSA) is 63.8 Å². The first-order chi connectivity index (χ1) is 9.11. The second-order valence-electron chi connectivity index (χ2n) is 6.23. The van der Waals surface area contributed by atoms with Gasteiger partial charge in [-0.05, 0) is 51.8 Å². The molecule has 1 aromatic rings. The minimum atomic E-state index is -0.0320. The lowest BCUT2D eigenvalue weighted by atomic mass is 9.87.